The Morgan fingerprint density at radius 2 is 2.05 bits per heavy atom. The first-order chi connectivity index (χ1) is 9.85. The van der Waals surface area contributed by atoms with Crippen molar-refractivity contribution < 1.29 is 9.90 Å². The standard InChI is InChI=1S/C18H25NO2/c1-6-18(3,4)19(5)17(21)16-12-9-11-15(14(16)2)10-7-8-13-20/h9,11-12,20H,6,8,13H2,1-5H3. The molecule has 0 saturated carbocycles. The molecule has 0 fully saturated rings. The molecule has 1 aromatic carbocycles. The van der Waals surface area contributed by atoms with Gasteiger partial charge in [-0.3, -0.25) is 4.79 Å². The van der Waals surface area contributed by atoms with Crippen LogP contribution in [0.2, 0.25) is 0 Å². The molecular weight excluding hydrogens is 262 g/mol. The molecule has 3 heteroatoms. The fourth-order valence-electron chi connectivity index (χ4n) is 1.91. The van der Waals surface area contributed by atoms with E-state index in [2.05, 4.69) is 32.6 Å². The first-order valence-electron chi connectivity index (χ1n) is 7.32. The summed E-state index contributed by atoms with van der Waals surface area (Å²) in [5, 5.41) is 8.78. The fourth-order valence-corrected chi connectivity index (χ4v) is 1.91. The van der Waals surface area contributed by atoms with E-state index in [1.54, 1.807) is 4.90 Å². The number of rotatable bonds is 4. The summed E-state index contributed by atoms with van der Waals surface area (Å²) >= 11 is 0. The Kier molecular flexibility index (Phi) is 5.99. The molecule has 0 saturated heterocycles. The summed E-state index contributed by atoms with van der Waals surface area (Å²) in [5.74, 6) is 5.94. The Labute approximate surface area is 128 Å². The van der Waals surface area contributed by atoms with Gasteiger partial charge in [-0.05, 0) is 44.9 Å². The Bertz CT molecular complexity index is 564. The minimum atomic E-state index is -0.178. The molecular formula is C18H25NO2. The van der Waals surface area contributed by atoms with Crippen molar-refractivity contribution in [3.8, 4) is 11.8 Å². The molecule has 0 heterocycles. The zero-order valence-electron chi connectivity index (χ0n) is 13.7. The first-order valence-corrected chi connectivity index (χ1v) is 7.32. The zero-order chi connectivity index (χ0) is 16.0. The molecule has 0 aromatic heterocycles. The topological polar surface area (TPSA) is 40.5 Å². The summed E-state index contributed by atoms with van der Waals surface area (Å²) in [5.41, 5.74) is 2.25. The van der Waals surface area contributed by atoms with E-state index < -0.39 is 0 Å². The predicted molar refractivity (Wildman–Crippen MR) is 86.2 cm³/mol. The van der Waals surface area contributed by atoms with Crippen LogP contribution in [0.4, 0.5) is 0 Å². The highest BCUT2D eigenvalue weighted by atomic mass is 16.2. The van der Waals surface area contributed by atoms with E-state index in [4.69, 9.17) is 5.11 Å². The molecule has 0 bridgehead atoms. The number of benzene rings is 1. The summed E-state index contributed by atoms with van der Waals surface area (Å²) in [6.45, 7) is 8.17. The van der Waals surface area contributed by atoms with E-state index in [-0.39, 0.29) is 18.1 Å². The van der Waals surface area contributed by atoms with Gasteiger partial charge in [0.15, 0.2) is 0 Å². The van der Waals surface area contributed by atoms with Crippen LogP contribution < -0.4 is 0 Å². The predicted octanol–water partition coefficient (Wildman–Crippen LogP) is 2.99. The summed E-state index contributed by atoms with van der Waals surface area (Å²) < 4.78 is 0. The Hall–Kier alpha value is -1.79. The van der Waals surface area contributed by atoms with Gasteiger partial charge in [0.2, 0.25) is 0 Å². The van der Waals surface area contributed by atoms with Crippen LogP contribution in [0, 0.1) is 18.8 Å². The van der Waals surface area contributed by atoms with Crippen molar-refractivity contribution in [2.75, 3.05) is 13.7 Å². The number of carbonyl (C=O) groups is 1. The lowest BCUT2D eigenvalue weighted by molar-refractivity contribution is 0.0619. The van der Waals surface area contributed by atoms with Gasteiger partial charge in [0, 0.05) is 30.1 Å². The lowest BCUT2D eigenvalue weighted by Gasteiger charge is -2.35. The van der Waals surface area contributed by atoms with Crippen LogP contribution in [0.15, 0.2) is 18.2 Å². The van der Waals surface area contributed by atoms with Crippen LogP contribution in [-0.2, 0) is 0 Å². The highest BCUT2D eigenvalue weighted by Gasteiger charge is 2.27. The molecule has 114 valence electrons. The van der Waals surface area contributed by atoms with Crippen molar-refractivity contribution in [3.05, 3.63) is 34.9 Å². The Morgan fingerprint density at radius 1 is 1.38 bits per heavy atom. The second-order valence-electron chi connectivity index (χ2n) is 5.78. The number of carbonyl (C=O) groups excluding carboxylic acids is 1. The molecule has 0 aliphatic heterocycles. The maximum atomic E-state index is 12.7. The molecule has 0 atom stereocenters. The number of hydrogen-bond donors (Lipinski definition) is 1. The van der Waals surface area contributed by atoms with Crippen LogP contribution in [-0.4, -0.2) is 35.1 Å². The largest absolute Gasteiger partial charge is 0.395 e. The molecule has 1 amide bonds. The quantitative estimate of drug-likeness (QED) is 0.865. The Morgan fingerprint density at radius 3 is 2.62 bits per heavy atom. The number of hydrogen-bond acceptors (Lipinski definition) is 2. The van der Waals surface area contributed by atoms with E-state index in [0.717, 1.165) is 17.5 Å². The van der Waals surface area contributed by atoms with Gasteiger partial charge >= 0.3 is 0 Å². The highest BCUT2D eigenvalue weighted by molar-refractivity contribution is 5.96. The summed E-state index contributed by atoms with van der Waals surface area (Å²) in [6.07, 6.45) is 1.34. The fraction of sp³-hybridized carbons (Fsp3) is 0.500. The smallest absolute Gasteiger partial charge is 0.254 e. The van der Waals surface area contributed by atoms with Gasteiger partial charge in [-0.25, -0.2) is 0 Å². The van der Waals surface area contributed by atoms with Crippen molar-refractivity contribution in [1.29, 1.82) is 0 Å². The molecule has 1 rings (SSSR count). The van der Waals surface area contributed by atoms with Crippen LogP contribution in [0.3, 0.4) is 0 Å². The van der Waals surface area contributed by atoms with Crippen molar-refractivity contribution in [2.24, 2.45) is 0 Å². The third-order valence-corrected chi connectivity index (χ3v) is 4.10. The van der Waals surface area contributed by atoms with Crippen LogP contribution in [0.1, 0.15) is 55.1 Å². The number of aliphatic hydroxyl groups excluding tert-OH is 1. The minimum absolute atomic E-state index is 0.0187. The zero-order valence-corrected chi connectivity index (χ0v) is 13.7. The molecule has 0 unspecified atom stereocenters. The van der Waals surface area contributed by atoms with Gasteiger partial charge in [-0.15, -0.1) is 0 Å². The van der Waals surface area contributed by atoms with Gasteiger partial charge in [0.25, 0.3) is 5.91 Å². The van der Waals surface area contributed by atoms with Crippen molar-refractivity contribution in [2.45, 2.75) is 46.1 Å². The monoisotopic (exact) mass is 287 g/mol. The van der Waals surface area contributed by atoms with Gasteiger partial charge in [0.1, 0.15) is 0 Å². The number of nitrogens with zero attached hydrogens (tertiary/aromatic N) is 1. The van der Waals surface area contributed by atoms with Crippen LogP contribution >= 0.6 is 0 Å². The summed E-state index contributed by atoms with van der Waals surface area (Å²) in [6, 6.07) is 5.61. The van der Waals surface area contributed by atoms with Crippen molar-refractivity contribution in [1.82, 2.24) is 4.90 Å². The Balaban J connectivity index is 3.13. The van der Waals surface area contributed by atoms with E-state index in [0.29, 0.717) is 12.0 Å². The van der Waals surface area contributed by atoms with Crippen molar-refractivity contribution in [3.63, 3.8) is 0 Å². The van der Waals surface area contributed by atoms with Gasteiger partial charge in [0.05, 0.1) is 6.61 Å². The minimum Gasteiger partial charge on any atom is -0.395 e. The first kappa shape index (κ1) is 17.3. The summed E-state index contributed by atoms with van der Waals surface area (Å²) in [7, 11) is 1.84. The van der Waals surface area contributed by atoms with E-state index in [9.17, 15) is 4.79 Å². The third kappa shape index (κ3) is 4.09. The number of aliphatic hydroxyl groups is 1. The number of amides is 1. The molecule has 3 nitrogen and oxygen atoms in total. The van der Waals surface area contributed by atoms with Gasteiger partial charge < -0.3 is 10.0 Å². The highest BCUT2D eigenvalue weighted by Crippen LogP contribution is 2.22. The van der Waals surface area contributed by atoms with E-state index >= 15 is 0 Å². The lowest BCUT2D eigenvalue weighted by atomic mass is 9.96. The third-order valence-electron chi connectivity index (χ3n) is 4.10. The van der Waals surface area contributed by atoms with E-state index in [1.807, 2.05) is 32.2 Å². The summed E-state index contributed by atoms with van der Waals surface area (Å²) in [4.78, 5) is 14.5. The molecule has 0 radical (unpaired) electrons. The van der Waals surface area contributed by atoms with Gasteiger partial charge in [-0.2, -0.15) is 0 Å². The molecule has 0 aliphatic carbocycles. The molecule has 21 heavy (non-hydrogen) atoms. The molecule has 0 spiro atoms. The molecule has 1 aromatic rings. The van der Waals surface area contributed by atoms with Crippen LogP contribution in [0.5, 0.6) is 0 Å². The van der Waals surface area contributed by atoms with Gasteiger partial charge in [-0.1, -0.05) is 24.8 Å². The maximum absolute atomic E-state index is 12.7. The van der Waals surface area contributed by atoms with E-state index in [1.165, 1.54) is 0 Å². The molecule has 0 aliphatic rings. The second kappa shape index (κ2) is 7.28. The SMILES string of the molecule is CCC(C)(C)N(C)C(=O)c1cccc(C#CCCO)c1C. The van der Waals surface area contributed by atoms with Crippen LogP contribution in [0.25, 0.3) is 0 Å². The average Bonchev–Trinajstić information content (AvgIpc) is 2.47. The normalized spacial score (nSPS) is 10.8. The van der Waals surface area contributed by atoms with Crippen molar-refractivity contribution >= 4 is 5.91 Å². The second-order valence-corrected chi connectivity index (χ2v) is 5.78. The maximum Gasteiger partial charge on any atom is 0.254 e. The average molecular weight is 287 g/mol. The molecule has 1 N–H and O–H groups in total. The lowest BCUT2D eigenvalue weighted by Crippen LogP contribution is -2.44.